The minimum atomic E-state index is -1.85. The van der Waals surface area contributed by atoms with Gasteiger partial charge in [-0.15, -0.1) is 11.8 Å². The number of alkyl carbamates (subject to hydrolysis) is 1. The van der Waals surface area contributed by atoms with E-state index in [-0.39, 0.29) is 30.6 Å². The number of hydrogen-bond acceptors (Lipinski definition) is 10. The van der Waals surface area contributed by atoms with Crippen molar-refractivity contribution in [2.75, 3.05) is 19.5 Å². The van der Waals surface area contributed by atoms with Crippen molar-refractivity contribution in [3.8, 4) is 0 Å². The summed E-state index contributed by atoms with van der Waals surface area (Å²) in [5.41, 5.74) is 2.01. The molecule has 16 heteroatoms. The summed E-state index contributed by atoms with van der Waals surface area (Å²) in [5, 5.41) is 22.8. The first-order valence-corrected chi connectivity index (χ1v) is 12.1. The lowest BCUT2D eigenvalue weighted by molar-refractivity contribution is -0.192. The lowest BCUT2D eigenvalue weighted by Gasteiger charge is -2.55. The van der Waals surface area contributed by atoms with Crippen molar-refractivity contribution >= 4 is 47.7 Å². The Morgan fingerprint density at radius 3 is 2.41 bits per heavy atom. The number of amides is 4. The van der Waals surface area contributed by atoms with Crippen LogP contribution in [0.4, 0.5) is 9.59 Å². The summed E-state index contributed by atoms with van der Waals surface area (Å²) in [6.07, 6.45) is -2.31. The van der Waals surface area contributed by atoms with Crippen LogP contribution in [0.2, 0.25) is 0 Å². The van der Waals surface area contributed by atoms with Crippen molar-refractivity contribution in [2.45, 2.75) is 62.8 Å². The number of carboxylic acids is 2. The number of hydrogen-bond donors (Lipinski definition) is 5. The quantitative estimate of drug-likeness (QED) is 0.170. The summed E-state index contributed by atoms with van der Waals surface area (Å²) in [4.78, 5) is 72.6. The van der Waals surface area contributed by atoms with Crippen LogP contribution in [0.5, 0.6) is 0 Å². The van der Waals surface area contributed by atoms with Gasteiger partial charge < -0.3 is 40.8 Å². The summed E-state index contributed by atoms with van der Waals surface area (Å²) >= 11 is 1.09. The molecule has 2 rings (SSSR count). The van der Waals surface area contributed by atoms with E-state index in [1.807, 2.05) is 0 Å². The second kappa shape index (κ2) is 11.7. The number of thioether (sulfide) groups is 1. The molecule has 2 aliphatic rings. The van der Waals surface area contributed by atoms with Crippen molar-refractivity contribution in [3.05, 3.63) is 11.3 Å². The average molecular weight is 547 g/mol. The highest BCUT2D eigenvalue weighted by atomic mass is 32.2. The van der Waals surface area contributed by atoms with Gasteiger partial charge in [-0.25, -0.2) is 19.2 Å². The van der Waals surface area contributed by atoms with E-state index >= 15 is 0 Å². The maximum Gasteiger partial charge on any atom is 0.408 e. The molecule has 1 fully saturated rings. The van der Waals surface area contributed by atoms with E-state index in [0.29, 0.717) is 0 Å². The van der Waals surface area contributed by atoms with E-state index in [1.165, 1.54) is 7.11 Å². The highest BCUT2D eigenvalue weighted by Crippen LogP contribution is 2.46. The highest BCUT2D eigenvalue weighted by Gasteiger charge is 2.66. The van der Waals surface area contributed by atoms with Gasteiger partial charge in [0.05, 0.1) is 0 Å². The van der Waals surface area contributed by atoms with E-state index in [0.717, 1.165) is 16.7 Å². The first-order valence-electron chi connectivity index (χ1n) is 11.0. The molecular formula is C21H30N4O11S. The number of aliphatic carboxylic acids is 2. The molecule has 6 N–H and O–H groups in total. The van der Waals surface area contributed by atoms with Crippen molar-refractivity contribution in [2.24, 2.45) is 5.73 Å². The van der Waals surface area contributed by atoms with Crippen LogP contribution in [0.15, 0.2) is 11.3 Å². The zero-order valence-corrected chi connectivity index (χ0v) is 21.5. The Kier molecular flexibility index (Phi) is 9.38. The van der Waals surface area contributed by atoms with E-state index in [1.54, 1.807) is 20.8 Å². The smallest absolute Gasteiger partial charge is 0.408 e. The summed E-state index contributed by atoms with van der Waals surface area (Å²) in [7, 11) is 1.18. The van der Waals surface area contributed by atoms with Crippen molar-refractivity contribution in [1.29, 1.82) is 0 Å². The molecule has 0 spiro atoms. The van der Waals surface area contributed by atoms with Crippen LogP contribution in [0.1, 0.15) is 40.0 Å². The molecule has 37 heavy (non-hydrogen) atoms. The predicted molar refractivity (Wildman–Crippen MR) is 126 cm³/mol. The second-order valence-corrected chi connectivity index (χ2v) is 10.2. The van der Waals surface area contributed by atoms with Crippen molar-refractivity contribution in [1.82, 2.24) is 15.5 Å². The molecule has 206 valence electrons. The molecule has 0 bridgehead atoms. The van der Waals surface area contributed by atoms with E-state index in [4.69, 9.17) is 15.2 Å². The number of carboxylic acid groups (broad SMARTS) is 2. The van der Waals surface area contributed by atoms with E-state index in [2.05, 4.69) is 15.4 Å². The summed E-state index contributed by atoms with van der Waals surface area (Å²) in [6.45, 7) is 4.44. The predicted octanol–water partition coefficient (Wildman–Crippen LogP) is -0.0574. The first-order chi connectivity index (χ1) is 17.1. The molecule has 0 aromatic carbocycles. The second-order valence-electron chi connectivity index (χ2n) is 9.12. The average Bonchev–Trinajstić information content (AvgIpc) is 2.78. The Labute approximate surface area is 216 Å². The standard InChI is InChI=1S/C21H30N4O11S/c1-20(2,3)36-19(33)23-11(14(27)28)6-5-7-12(26)24-21(34-4)16(31)25-13(15(29)30)10(8-35-18(22)32)9-37-17(21)25/h11,17H,5-9H2,1-4H3,(H2,22,32)(H,23,33)(H,24,26)(H,27,28)(H,29,30). The van der Waals surface area contributed by atoms with Crippen LogP contribution < -0.4 is 16.4 Å². The normalized spacial score (nSPS) is 21.8. The molecule has 15 nitrogen and oxygen atoms in total. The number of β-lactam (4-membered cyclic amide) rings is 1. The number of nitrogens with two attached hydrogens (primary N) is 1. The fourth-order valence-electron chi connectivity index (χ4n) is 3.66. The van der Waals surface area contributed by atoms with Gasteiger partial charge in [-0.2, -0.15) is 0 Å². The summed E-state index contributed by atoms with van der Waals surface area (Å²) in [5.74, 6) is -4.19. The van der Waals surface area contributed by atoms with Crippen LogP contribution in [0, 0.1) is 0 Å². The molecule has 2 aliphatic heterocycles. The minimum Gasteiger partial charge on any atom is -0.480 e. The number of rotatable bonds is 11. The van der Waals surface area contributed by atoms with Crippen LogP contribution in [0.25, 0.3) is 0 Å². The Morgan fingerprint density at radius 1 is 1.24 bits per heavy atom. The lowest BCUT2D eigenvalue weighted by Crippen LogP contribution is -2.80. The van der Waals surface area contributed by atoms with Crippen LogP contribution in [-0.2, 0) is 33.4 Å². The number of ether oxygens (including phenoxy) is 3. The Bertz CT molecular complexity index is 1010. The Morgan fingerprint density at radius 2 is 1.89 bits per heavy atom. The zero-order valence-electron chi connectivity index (χ0n) is 20.7. The van der Waals surface area contributed by atoms with Crippen LogP contribution in [-0.4, -0.2) is 93.3 Å². The molecule has 1 saturated heterocycles. The van der Waals surface area contributed by atoms with Crippen molar-refractivity contribution < 1.29 is 53.2 Å². The number of nitrogens with one attached hydrogen (secondary N) is 2. The monoisotopic (exact) mass is 546 g/mol. The maximum atomic E-state index is 13.0. The number of fused-ring (bicyclic) bond motifs is 1. The molecule has 0 saturated carbocycles. The fourth-order valence-corrected chi connectivity index (χ4v) is 5.08. The number of methoxy groups -OCH3 is 1. The molecule has 2 heterocycles. The zero-order chi connectivity index (χ0) is 28.1. The Balaban J connectivity index is 2.02. The molecule has 0 aromatic heterocycles. The van der Waals surface area contributed by atoms with Crippen LogP contribution >= 0.6 is 11.8 Å². The third kappa shape index (κ3) is 7.03. The topological polar surface area (TPSA) is 224 Å². The minimum absolute atomic E-state index is 0.0307. The van der Waals surface area contributed by atoms with Gasteiger partial charge in [0.1, 0.15) is 29.3 Å². The van der Waals surface area contributed by atoms with Crippen molar-refractivity contribution in [3.63, 3.8) is 0 Å². The third-order valence-corrected chi connectivity index (χ3v) is 6.61. The number of carbonyl (C=O) groups excluding carboxylic acids is 4. The SMILES string of the molecule is COC1(NC(=O)CCCC(NC(=O)OC(C)(C)C)C(=O)O)C(=O)N2C(C(=O)O)=C(COC(N)=O)CSC21. The molecule has 0 radical (unpaired) electrons. The maximum absolute atomic E-state index is 13.0. The highest BCUT2D eigenvalue weighted by molar-refractivity contribution is 8.00. The molecule has 3 atom stereocenters. The summed E-state index contributed by atoms with van der Waals surface area (Å²) in [6, 6.07) is -1.31. The lowest BCUT2D eigenvalue weighted by atomic mass is 9.97. The first kappa shape index (κ1) is 29.7. The molecule has 4 amide bonds. The van der Waals surface area contributed by atoms with Gasteiger partial charge in [0.25, 0.3) is 11.6 Å². The van der Waals surface area contributed by atoms with Gasteiger partial charge in [0.2, 0.25) is 5.91 Å². The molecule has 0 aromatic rings. The van der Waals surface area contributed by atoms with Gasteiger partial charge in [-0.05, 0) is 33.6 Å². The van der Waals surface area contributed by atoms with Gasteiger partial charge in [0.15, 0.2) is 0 Å². The van der Waals surface area contributed by atoms with Gasteiger partial charge >= 0.3 is 24.1 Å². The largest absolute Gasteiger partial charge is 0.480 e. The van der Waals surface area contributed by atoms with Gasteiger partial charge in [-0.1, -0.05) is 0 Å². The Hall–Kier alpha value is -3.53. The number of carbonyl (C=O) groups is 6. The fraction of sp³-hybridized carbons (Fsp3) is 0.619. The van der Waals surface area contributed by atoms with E-state index in [9.17, 15) is 39.0 Å². The number of nitrogens with zero attached hydrogens (tertiary/aromatic N) is 1. The van der Waals surface area contributed by atoms with Crippen LogP contribution in [0.3, 0.4) is 0 Å². The molecule has 3 unspecified atom stereocenters. The molecular weight excluding hydrogens is 516 g/mol. The molecule has 0 aliphatic carbocycles. The third-order valence-electron chi connectivity index (χ3n) is 5.23. The number of primary amides is 1. The van der Waals surface area contributed by atoms with Gasteiger partial charge in [-0.3, -0.25) is 14.5 Å². The van der Waals surface area contributed by atoms with Gasteiger partial charge in [0, 0.05) is 24.9 Å². The van der Waals surface area contributed by atoms with E-state index < -0.39 is 71.0 Å². The summed E-state index contributed by atoms with van der Waals surface area (Å²) < 4.78 is 15.0.